The number of esters is 1. The Morgan fingerprint density at radius 1 is 1.29 bits per heavy atom. The lowest BCUT2D eigenvalue weighted by molar-refractivity contribution is -0.140. The summed E-state index contributed by atoms with van der Waals surface area (Å²) in [4.78, 5) is 23.2. The highest BCUT2D eigenvalue weighted by Gasteiger charge is 2.42. The van der Waals surface area contributed by atoms with Crippen LogP contribution in [0.2, 0.25) is 0 Å². The Bertz CT molecular complexity index is 388. The van der Waals surface area contributed by atoms with Crippen molar-refractivity contribution in [3.05, 3.63) is 0 Å². The van der Waals surface area contributed by atoms with Gasteiger partial charge in [0.15, 0.2) is 0 Å². The maximum atomic E-state index is 12.0. The van der Waals surface area contributed by atoms with E-state index >= 15 is 0 Å². The topological polar surface area (TPSA) is 55.4 Å². The van der Waals surface area contributed by atoms with Gasteiger partial charge in [-0.15, -0.1) is 11.8 Å². The van der Waals surface area contributed by atoms with Gasteiger partial charge in [0.2, 0.25) is 5.91 Å². The average molecular weight is 313 g/mol. The third kappa shape index (κ3) is 4.63. The first kappa shape index (κ1) is 16.7. The van der Waals surface area contributed by atoms with Crippen molar-refractivity contribution in [1.29, 1.82) is 0 Å². The van der Waals surface area contributed by atoms with Gasteiger partial charge in [-0.05, 0) is 43.9 Å². The Morgan fingerprint density at radius 3 is 2.62 bits per heavy atom. The lowest BCUT2D eigenvalue weighted by Gasteiger charge is -2.28. The monoisotopic (exact) mass is 313 g/mol. The summed E-state index contributed by atoms with van der Waals surface area (Å²) in [7, 11) is 1.39. The standard InChI is InChI=1S/C16H27NO3S/c1-10(6-16(19)20-3)21-9-15(18)17-11(2)14-8-12-4-5-13(14)7-12/h10-14H,4-9H2,1-3H3,(H,17,18). The minimum Gasteiger partial charge on any atom is -0.469 e. The van der Waals surface area contributed by atoms with Crippen LogP contribution in [0.4, 0.5) is 0 Å². The van der Waals surface area contributed by atoms with E-state index in [-0.39, 0.29) is 23.2 Å². The SMILES string of the molecule is COC(=O)CC(C)SCC(=O)NC(C)C1CC2CCC1C2. The van der Waals surface area contributed by atoms with E-state index < -0.39 is 0 Å². The van der Waals surface area contributed by atoms with Gasteiger partial charge in [-0.3, -0.25) is 9.59 Å². The summed E-state index contributed by atoms with van der Waals surface area (Å²) in [5.41, 5.74) is 0. The lowest BCUT2D eigenvalue weighted by atomic mass is 9.84. The van der Waals surface area contributed by atoms with Crippen LogP contribution in [0.25, 0.3) is 0 Å². The molecular formula is C16H27NO3S. The van der Waals surface area contributed by atoms with Crippen molar-refractivity contribution in [3.8, 4) is 0 Å². The lowest BCUT2D eigenvalue weighted by Crippen LogP contribution is -2.41. The number of hydrogen-bond acceptors (Lipinski definition) is 4. The molecule has 0 aromatic heterocycles. The Balaban J connectivity index is 1.66. The van der Waals surface area contributed by atoms with Gasteiger partial charge in [0, 0.05) is 11.3 Å². The van der Waals surface area contributed by atoms with Crippen LogP contribution in [-0.4, -0.2) is 36.0 Å². The van der Waals surface area contributed by atoms with Crippen LogP contribution in [0, 0.1) is 17.8 Å². The molecule has 1 amide bonds. The molecule has 0 spiro atoms. The molecule has 5 unspecified atom stereocenters. The summed E-state index contributed by atoms with van der Waals surface area (Å²) in [5.74, 6) is 2.71. The van der Waals surface area contributed by atoms with E-state index in [0.29, 0.717) is 18.1 Å². The molecule has 1 N–H and O–H groups in total. The van der Waals surface area contributed by atoms with Gasteiger partial charge in [-0.1, -0.05) is 13.3 Å². The molecule has 2 fully saturated rings. The second-order valence-corrected chi connectivity index (χ2v) is 8.02. The molecule has 2 saturated carbocycles. The summed E-state index contributed by atoms with van der Waals surface area (Å²) in [6.45, 7) is 4.10. The number of nitrogens with one attached hydrogen (secondary N) is 1. The summed E-state index contributed by atoms with van der Waals surface area (Å²) < 4.78 is 4.64. The highest BCUT2D eigenvalue weighted by molar-refractivity contribution is 8.00. The van der Waals surface area contributed by atoms with Gasteiger partial charge in [-0.25, -0.2) is 0 Å². The molecular weight excluding hydrogens is 286 g/mol. The van der Waals surface area contributed by atoms with Crippen molar-refractivity contribution in [3.63, 3.8) is 0 Å². The number of hydrogen-bond donors (Lipinski definition) is 1. The van der Waals surface area contributed by atoms with E-state index in [4.69, 9.17) is 0 Å². The third-order valence-corrected chi connectivity index (χ3v) is 6.17. The number of ether oxygens (including phenoxy) is 1. The van der Waals surface area contributed by atoms with Crippen molar-refractivity contribution in [2.45, 2.75) is 57.2 Å². The van der Waals surface area contributed by atoms with Gasteiger partial charge in [0.25, 0.3) is 0 Å². The molecule has 4 nitrogen and oxygen atoms in total. The number of carbonyl (C=O) groups is 2. The van der Waals surface area contributed by atoms with Crippen LogP contribution in [-0.2, 0) is 14.3 Å². The van der Waals surface area contributed by atoms with Crippen molar-refractivity contribution in [2.75, 3.05) is 12.9 Å². The van der Waals surface area contributed by atoms with E-state index in [0.717, 1.165) is 11.8 Å². The van der Waals surface area contributed by atoms with Gasteiger partial charge in [0.1, 0.15) is 0 Å². The highest BCUT2D eigenvalue weighted by Crippen LogP contribution is 2.49. The fraction of sp³-hybridized carbons (Fsp3) is 0.875. The van der Waals surface area contributed by atoms with Crippen LogP contribution >= 0.6 is 11.8 Å². The number of fused-ring (bicyclic) bond motifs is 2. The first-order valence-electron chi connectivity index (χ1n) is 7.97. The second-order valence-electron chi connectivity index (χ2n) is 6.60. The number of methoxy groups -OCH3 is 1. The van der Waals surface area contributed by atoms with E-state index in [9.17, 15) is 9.59 Å². The number of rotatable bonds is 7. The second kappa shape index (κ2) is 7.52. The van der Waals surface area contributed by atoms with Crippen molar-refractivity contribution < 1.29 is 14.3 Å². The quantitative estimate of drug-likeness (QED) is 0.734. The number of carbonyl (C=O) groups excluding carboxylic acids is 2. The van der Waals surface area contributed by atoms with Gasteiger partial charge >= 0.3 is 5.97 Å². The van der Waals surface area contributed by atoms with Crippen LogP contribution in [0.1, 0.15) is 46.0 Å². The van der Waals surface area contributed by atoms with Crippen molar-refractivity contribution >= 4 is 23.6 Å². The van der Waals surface area contributed by atoms with Gasteiger partial charge in [0.05, 0.1) is 19.3 Å². The normalized spacial score (nSPS) is 30.0. The number of amides is 1. The molecule has 0 saturated heterocycles. The van der Waals surface area contributed by atoms with Crippen LogP contribution in [0.3, 0.4) is 0 Å². The zero-order valence-electron chi connectivity index (χ0n) is 13.3. The van der Waals surface area contributed by atoms with E-state index in [1.54, 1.807) is 0 Å². The Hall–Kier alpha value is -0.710. The van der Waals surface area contributed by atoms with Gasteiger partial charge in [-0.2, -0.15) is 0 Å². The predicted octanol–water partition coefficient (Wildman–Crippen LogP) is 2.61. The van der Waals surface area contributed by atoms with Crippen molar-refractivity contribution in [2.24, 2.45) is 17.8 Å². The smallest absolute Gasteiger partial charge is 0.306 e. The summed E-state index contributed by atoms with van der Waals surface area (Å²) in [6, 6.07) is 0.282. The zero-order valence-corrected chi connectivity index (χ0v) is 14.1. The van der Waals surface area contributed by atoms with Gasteiger partial charge < -0.3 is 10.1 Å². The van der Waals surface area contributed by atoms with Crippen LogP contribution in [0.15, 0.2) is 0 Å². The maximum absolute atomic E-state index is 12.0. The van der Waals surface area contributed by atoms with Crippen LogP contribution in [0.5, 0.6) is 0 Å². The Kier molecular flexibility index (Phi) is 5.97. The fourth-order valence-corrected chi connectivity index (χ4v) is 4.68. The maximum Gasteiger partial charge on any atom is 0.306 e. The molecule has 2 bridgehead atoms. The summed E-state index contributed by atoms with van der Waals surface area (Å²) >= 11 is 1.52. The molecule has 0 aliphatic heterocycles. The molecule has 2 aliphatic carbocycles. The average Bonchev–Trinajstić information content (AvgIpc) is 3.07. The molecule has 0 heterocycles. The molecule has 0 radical (unpaired) electrons. The fourth-order valence-electron chi connectivity index (χ4n) is 3.90. The first-order chi connectivity index (χ1) is 9.99. The number of thioether (sulfide) groups is 1. The molecule has 2 aliphatic rings. The Morgan fingerprint density at radius 2 is 2.05 bits per heavy atom. The predicted molar refractivity (Wildman–Crippen MR) is 85.1 cm³/mol. The third-order valence-electron chi connectivity index (χ3n) is 5.00. The molecule has 5 heteroatoms. The largest absolute Gasteiger partial charge is 0.469 e. The molecule has 0 aromatic rings. The van der Waals surface area contributed by atoms with E-state index in [1.807, 2.05) is 6.92 Å². The summed E-state index contributed by atoms with van der Waals surface area (Å²) in [5, 5.41) is 3.27. The Labute approximate surface area is 131 Å². The van der Waals surface area contributed by atoms with E-state index in [2.05, 4.69) is 17.0 Å². The first-order valence-corrected chi connectivity index (χ1v) is 9.02. The van der Waals surface area contributed by atoms with Crippen molar-refractivity contribution in [1.82, 2.24) is 5.32 Å². The molecule has 2 rings (SSSR count). The minimum absolute atomic E-state index is 0.0898. The zero-order chi connectivity index (χ0) is 15.4. The van der Waals surface area contributed by atoms with Crippen LogP contribution < -0.4 is 5.32 Å². The highest BCUT2D eigenvalue weighted by atomic mass is 32.2. The molecule has 0 aromatic carbocycles. The van der Waals surface area contributed by atoms with E-state index in [1.165, 1.54) is 44.6 Å². The molecule has 21 heavy (non-hydrogen) atoms. The minimum atomic E-state index is -0.217. The molecule has 120 valence electrons. The molecule has 5 atom stereocenters. The summed E-state index contributed by atoms with van der Waals surface area (Å²) in [6.07, 6.45) is 5.76.